The van der Waals surface area contributed by atoms with Crippen molar-refractivity contribution in [3.8, 4) is 11.1 Å². The van der Waals surface area contributed by atoms with Crippen LogP contribution in [0.5, 0.6) is 0 Å². The molecule has 0 fully saturated rings. The summed E-state index contributed by atoms with van der Waals surface area (Å²) in [6, 6.07) is 7.32. The highest BCUT2D eigenvalue weighted by Gasteiger charge is 2.12. The molecule has 2 N–H and O–H groups in total. The van der Waals surface area contributed by atoms with Gasteiger partial charge >= 0.3 is 0 Å². The quantitative estimate of drug-likeness (QED) is 0.854. The molecule has 0 aromatic heterocycles. The maximum absolute atomic E-state index is 13.8. The molecule has 19 heavy (non-hydrogen) atoms. The van der Waals surface area contributed by atoms with Crippen molar-refractivity contribution in [3.63, 3.8) is 0 Å². The van der Waals surface area contributed by atoms with Crippen LogP contribution in [0.3, 0.4) is 0 Å². The summed E-state index contributed by atoms with van der Waals surface area (Å²) < 4.78 is 27.0. The maximum atomic E-state index is 13.8. The van der Waals surface area contributed by atoms with Gasteiger partial charge in [0.1, 0.15) is 11.6 Å². The molecule has 0 aliphatic carbocycles. The largest absolute Gasteiger partial charge is 0.324 e. The molecule has 0 amide bonds. The van der Waals surface area contributed by atoms with Gasteiger partial charge < -0.3 is 5.73 Å². The van der Waals surface area contributed by atoms with Crippen molar-refractivity contribution in [2.75, 3.05) is 0 Å². The number of aryl methyl sites for hydroxylation is 1. The van der Waals surface area contributed by atoms with Gasteiger partial charge in [0, 0.05) is 22.7 Å². The van der Waals surface area contributed by atoms with E-state index in [1.807, 2.05) is 6.92 Å². The Balaban J connectivity index is 2.54. The lowest BCUT2D eigenvalue weighted by Crippen LogP contribution is -2.05. The molecule has 4 heteroatoms. The van der Waals surface area contributed by atoms with E-state index in [1.54, 1.807) is 25.1 Å². The summed E-state index contributed by atoms with van der Waals surface area (Å²) in [6.07, 6.45) is 0. The average molecular weight is 282 g/mol. The predicted molar refractivity (Wildman–Crippen MR) is 74.1 cm³/mol. The van der Waals surface area contributed by atoms with Crippen molar-refractivity contribution in [1.29, 1.82) is 0 Å². The highest BCUT2D eigenvalue weighted by Crippen LogP contribution is 2.30. The van der Waals surface area contributed by atoms with Gasteiger partial charge in [0.05, 0.1) is 0 Å². The minimum atomic E-state index is -0.604. The highest BCUT2D eigenvalue weighted by atomic mass is 35.5. The Hall–Kier alpha value is -1.45. The summed E-state index contributed by atoms with van der Waals surface area (Å²) in [7, 11) is 0. The van der Waals surface area contributed by atoms with Gasteiger partial charge in [-0.15, -0.1) is 0 Å². The second-order valence-corrected chi connectivity index (χ2v) is 5.01. The van der Waals surface area contributed by atoms with Crippen molar-refractivity contribution in [2.45, 2.75) is 19.9 Å². The van der Waals surface area contributed by atoms with Gasteiger partial charge in [-0.05, 0) is 42.7 Å². The summed E-state index contributed by atoms with van der Waals surface area (Å²) in [5, 5.41) is 0.480. The van der Waals surface area contributed by atoms with Crippen LogP contribution in [0.4, 0.5) is 8.78 Å². The van der Waals surface area contributed by atoms with E-state index < -0.39 is 11.6 Å². The lowest BCUT2D eigenvalue weighted by molar-refractivity contribution is 0.579. The molecule has 0 aliphatic heterocycles. The Kier molecular flexibility index (Phi) is 3.88. The van der Waals surface area contributed by atoms with Gasteiger partial charge in [-0.25, -0.2) is 8.78 Å². The number of rotatable bonds is 2. The molecule has 0 saturated heterocycles. The van der Waals surface area contributed by atoms with Crippen LogP contribution in [0, 0.1) is 18.6 Å². The zero-order chi connectivity index (χ0) is 14.2. The Labute approximate surface area is 116 Å². The van der Waals surface area contributed by atoms with E-state index >= 15 is 0 Å². The van der Waals surface area contributed by atoms with E-state index in [0.717, 1.165) is 11.6 Å². The van der Waals surface area contributed by atoms with Gasteiger partial charge in [0.15, 0.2) is 0 Å². The molecule has 0 saturated carbocycles. The maximum Gasteiger partial charge on any atom is 0.133 e. The number of halogens is 3. The van der Waals surface area contributed by atoms with Crippen molar-refractivity contribution < 1.29 is 8.78 Å². The summed E-state index contributed by atoms with van der Waals surface area (Å²) >= 11 is 6.12. The molecule has 2 aromatic carbocycles. The summed E-state index contributed by atoms with van der Waals surface area (Å²) in [5.41, 5.74) is 7.89. The minimum Gasteiger partial charge on any atom is -0.324 e. The predicted octanol–water partition coefficient (Wildman–Crippen LogP) is 4.61. The molecular formula is C15H14ClF2N. The van der Waals surface area contributed by atoms with Gasteiger partial charge in [-0.2, -0.15) is 0 Å². The molecule has 0 bridgehead atoms. The number of nitrogens with two attached hydrogens (primary N) is 1. The highest BCUT2D eigenvalue weighted by molar-refractivity contribution is 6.31. The Bertz CT molecular complexity index is 624. The van der Waals surface area contributed by atoms with Crippen molar-refractivity contribution in [1.82, 2.24) is 0 Å². The van der Waals surface area contributed by atoms with Gasteiger partial charge in [-0.1, -0.05) is 23.7 Å². The molecule has 0 radical (unpaired) electrons. The minimum absolute atomic E-state index is 0.193. The van der Waals surface area contributed by atoms with Gasteiger partial charge in [-0.3, -0.25) is 0 Å². The van der Waals surface area contributed by atoms with Crippen molar-refractivity contribution in [3.05, 3.63) is 58.1 Å². The Morgan fingerprint density at radius 2 is 1.79 bits per heavy atom. The number of hydrogen-bond donors (Lipinski definition) is 1. The SMILES string of the molecule is Cc1cc(-c2ccc(C(C)N)c(Cl)c2)c(F)cc1F. The van der Waals surface area contributed by atoms with Crippen LogP contribution in [0.25, 0.3) is 11.1 Å². The fraction of sp³-hybridized carbons (Fsp3) is 0.200. The lowest BCUT2D eigenvalue weighted by atomic mass is 9.99. The van der Waals surface area contributed by atoms with Gasteiger partial charge in [0.2, 0.25) is 0 Å². The van der Waals surface area contributed by atoms with Crippen molar-refractivity contribution in [2.24, 2.45) is 5.73 Å². The van der Waals surface area contributed by atoms with E-state index in [2.05, 4.69) is 0 Å². The molecule has 1 unspecified atom stereocenters. The van der Waals surface area contributed by atoms with Crippen LogP contribution >= 0.6 is 11.6 Å². The number of hydrogen-bond acceptors (Lipinski definition) is 1. The van der Waals surface area contributed by atoms with Crippen LogP contribution in [-0.2, 0) is 0 Å². The molecule has 1 nitrogen and oxygen atoms in total. The van der Waals surface area contributed by atoms with E-state index in [0.29, 0.717) is 21.7 Å². The van der Waals surface area contributed by atoms with E-state index in [9.17, 15) is 8.78 Å². The molecule has 2 rings (SSSR count). The molecular weight excluding hydrogens is 268 g/mol. The molecule has 0 heterocycles. The average Bonchev–Trinajstić information content (AvgIpc) is 2.33. The first kappa shape index (κ1) is 14.0. The third-order valence-electron chi connectivity index (χ3n) is 3.05. The van der Waals surface area contributed by atoms with Crippen molar-refractivity contribution >= 4 is 11.6 Å². The smallest absolute Gasteiger partial charge is 0.133 e. The van der Waals surface area contributed by atoms with Crippen LogP contribution in [-0.4, -0.2) is 0 Å². The normalized spacial score (nSPS) is 12.5. The summed E-state index contributed by atoms with van der Waals surface area (Å²) in [6.45, 7) is 3.42. The van der Waals surface area contributed by atoms with Crippen LogP contribution in [0.15, 0.2) is 30.3 Å². The van der Waals surface area contributed by atoms with E-state index in [1.165, 1.54) is 6.07 Å². The first-order valence-electron chi connectivity index (χ1n) is 5.91. The topological polar surface area (TPSA) is 26.0 Å². The van der Waals surface area contributed by atoms with Crippen LogP contribution in [0.2, 0.25) is 5.02 Å². The molecule has 1 atom stereocenters. The molecule has 0 aliphatic rings. The van der Waals surface area contributed by atoms with E-state index in [-0.39, 0.29) is 6.04 Å². The lowest BCUT2D eigenvalue weighted by Gasteiger charge is -2.11. The molecule has 100 valence electrons. The molecule has 0 spiro atoms. The fourth-order valence-electron chi connectivity index (χ4n) is 1.94. The summed E-state index contributed by atoms with van der Waals surface area (Å²) in [4.78, 5) is 0. The van der Waals surface area contributed by atoms with E-state index in [4.69, 9.17) is 17.3 Å². The van der Waals surface area contributed by atoms with Crippen LogP contribution < -0.4 is 5.73 Å². The standard InChI is InChI=1S/C15H14ClF2N/c1-8-5-12(15(18)7-14(8)17)10-3-4-11(9(2)19)13(16)6-10/h3-7,9H,19H2,1-2H3. The fourth-order valence-corrected chi connectivity index (χ4v) is 2.30. The first-order chi connectivity index (χ1) is 8.90. The number of benzene rings is 2. The second-order valence-electron chi connectivity index (χ2n) is 4.61. The van der Waals surface area contributed by atoms with Gasteiger partial charge in [0.25, 0.3) is 0 Å². The monoisotopic (exact) mass is 281 g/mol. The zero-order valence-corrected chi connectivity index (χ0v) is 11.4. The second kappa shape index (κ2) is 5.27. The summed E-state index contributed by atoms with van der Waals surface area (Å²) in [5.74, 6) is -1.16. The first-order valence-corrected chi connectivity index (χ1v) is 6.29. The Morgan fingerprint density at radius 1 is 1.11 bits per heavy atom. The third kappa shape index (κ3) is 2.77. The Morgan fingerprint density at radius 3 is 2.37 bits per heavy atom. The van der Waals surface area contributed by atoms with Crippen LogP contribution in [0.1, 0.15) is 24.1 Å². The zero-order valence-electron chi connectivity index (χ0n) is 10.7. The molecule has 2 aromatic rings. The third-order valence-corrected chi connectivity index (χ3v) is 3.38.